The van der Waals surface area contributed by atoms with Crippen molar-refractivity contribution in [1.29, 1.82) is 0 Å². The monoisotopic (exact) mass is 590 g/mol. The second-order valence-electron chi connectivity index (χ2n) is 13.4. The van der Waals surface area contributed by atoms with Crippen LogP contribution in [0, 0.1) is 6.92 Å². The Labute approximate surface area is 268 Å². The van der Waals surface area contributed by atoms with Gasteiger partial charge >= 0.3 is 0 Å². The molecule has 10 rings (SSSR count). The smallest absolute Gasteiger partial charge is 0.247 e. The molecule has 0 saturated carbocycles. The zero-order valence-electron chi connectivity index (χ0n) is 26.1. The predicted molar refractivity (Wildman–Crippen MR) is 193 cm³/mol. The Morgan fingerprint density at radius 2 is 1.30 bits per heavy atom. The van der Waals surface area contributed by atoms with Crippen molar-refractivity contribution >= 4 is 73.1 Å². The SMILES string of the molecule is Cc1cc2c3c(c1)C(C)(C)c1ccccc1B3c1cccc3c4oc5cc(N(c6ccccc6)c6ccccc6)ccc5c4n-2c13. The molecule has 4 heterocycles. The summed E-state index contributed by atoms with van der Waals surface area (Å²) in [5.41, 5.74) is 17.1. The number of para-hydroxylation sites is 3. The van der Waals surface area contributed by atoms with Crippen molar-refractivity contribution in [2.24, 2.45) is 0 Å². The van der Waals surface area contributed by atoms with E-state index < -0.39 is 0 Å². The van der Waals surface area contributed by atoms with E-state index in [1.54, 1.807) is 0 Å². The molecule has 2 aromatic heterocycles. The fourth-order valence-electron chi connectivity index (χ4n) is 8.52. The Morgan fingerprint density at radius 1 is 0.609 bits per heavy atom. The molecule has 0 amide bonds. The summed E-state index contributed by atoms with van der Waals surface area (Å²) in [7, 11) is 0. The van der Waals surface area contributed by atoms with Gasteiger partial charge in [-0.3, -0.25) is 0 Å². The van der Waals surface area contributed by atoms with E-state index >= 15 is 0 Å². The highest BCUT2D eigenvalue weighted by atomic mass is 16.3. The van der Waals surface area contributed by atoms with E-state index in [0.29, 0.717) is 0 Å². The minimum atomic E-state index is -0.105. The highest BCUT2D eigenvalue weighted by Crippen LogP contribution is 2.44. The van der Waals surface area contributed by atoms with Crippen molar-refractivity contribution in [3.63, 3.8) is 0 Å². The molecule has 0 atom stereocenters. The van der Waals surface area contributed by atoms with Crippen LogP contribution in [0.2, 0.25) is 0 Å². The van der Waals surface area contributed by atoms with Crippen LogP contribution in [0.5, 0.6) is 0 Å². The first-order valence-electron chi connectivity index (χ1n) is 16.2. The maximum atomic E-state index is 6.92. The topological polar surface area (TPSA) is 21.3 Å². The fraction of sp³-hybridized carbons (Fsp3) is 0.0952. The third-order valence-corrected chi connectivity index (χ3v) is 10.5. The number of hydrogen-bond acceptors (Lipinski definition) is 2. The molecule has 4 heteroatoms. The molecule has 0 bridgehead atoms. The fourth-order valence-corrected chi connectivity index (χ4v) is 8.52. The maximum Gasteiger partial charge on any atom is 0.247 e. The highest BCUT2D eigenvalue weighted by Gasteiger charge is 2.45. The van der Waals surface area contributed by atoms with Crippen LogP contribution in [0.15, 0.2) is 138 Å². The lowest BCUT2D eigenvalue weighted by atomic mass is 9.30. The molecule has 46 heavy (non-hydrogen) atoms. The van der Waals surface area contributed by atoms with E-state index in [2.05, 4.69) is 164 Å². The first kappa shape index (κ1) is 25.8. The van der Waals surface area contributed by atoms with Crippen molar-refractivity contribution in [3.05, 3.63) is 150 Å². The van der Waals surface area contributed by atoms with Gasteiger partial charge in [0.25, 0.3) is 0 Å². The molecule has 6 aromatic carbocycles. The van der Waals surface area contributed by atoms with E-state index in [0.717, 1.165) is 39.1 Å². The molecule has 0 unspecified atom stereocenters. The lowest BCUT2D eigenvalue weighted by Crippen LogP contribution is -2.63. The van der Waals surface area contributed by atoms with Crippen LogP contribution in [-0.2, 0) is 5.41 Å². The lowest BCUT2D eigenvalue weighted by molar-refractivity contribution is 0.644. The molecule has 0 saturated heterocycles. The van der Waals surface area contributed by atoms with Gasteiger partial charge in [0.2, 0.25) is 6.71 Å². The van der Waals surface area contributed by atoms with Crippen LogP contribution in [0.4, 0.5) is 17.1 Å². The van der Waals surface area contributed by atoms with Crippen LogP contribution in [-0.4, -0.2) is 11.3 Å². The Bertz CT molecular complexity index is 2480. The summed E-state index contributed by atoms with van der Waals surface area (Å²) in [5.74, 6) is 0. The van der Waals surface area contributed by atoms with E-state index in [-0.39, 0.29) is 12.1 Å². The third kappa shape index (κ3) is 3.28. The number of hydrogen-bond donors (Lipinski definition) is 0. The van der Waals surface area contributed by atoms with Crippen molar-refractivity contribution in [2.45, 2.75) is 26.2 Å². The number of nitrogens with zero attached hydrogens (tertiary/aromatic N) is 2. The van der Waals surface area contributed by atoms with Gasteiger partial charge in [-0.2, -0.15) is 0 Å². The molecule has 0 N–H and O–H groups in total. The van der Waals surface area contributed by atoms with Crippen LogP contribution in [0.25, 0.3) is 38.7 Å². The van der Waals surface area contributed by atoms with Crippen LogP contribution < -0.4 is 21.3 Å². The Kier molecular flexibility index (Phi) is 5.08. The van der Waals surface area contributed by atoms with Crippen molar-refractivity contribution < 1.29 is 4.42 Å². The first-order valence-corrected chi connectivity index (χ1v) is 16.2. The Balaban J connectivity index is 1.28. The minimum Gasteiger partial charge on any atom is -0.454 e. The zero-order valence-corrected chi connectivity index (χ0v) is 26.1. The van der Waals surface area contributed by atoms with Gasteiger partial charge in [-0.1, -0.05) is 98.2 Å². The predicted octanol–water partition coefficient (Wildman–Crippen LogP) is 8.78. The van der Waals surface area contributed by atoms with Gasteiger partial charge in [-0.05, 0) is 83.1 Å². The molecule has 3 nitrogen and oxygen atoms in total. The first-order chi connectivity index (χ1) is 22.5. The largest absolute Gasteiger partial charge is 0.454 e. The van der Waals surface area contributed by atoms with Gasteiger partial charge in [0.15, 0.2) is 5.58 Å². The molecular formula is C42H31BN2O. The summed E-state index contributed by atoms with van der Waals surface area (Å²) in [6, 6.07) is 48.5. The lowest BCUT2D eigenvalue weighted by Gasteiger charge is -2.42. The third-order valence-electron chi connectivity index (χ3n) is 10.5. The average Bonchev–Trinajstić information content (AvgIpc) is 3.61. The quantitative estimate of drug-likeness (QED) is 0.192. The van der Waals surface area contributed by atoms with Gasteiger partial charge in [0, 0.05) is 45.0 Å². The standard InChI is InChI=1S/C42H31BN2O/c1-26-23-33-38-36(24-26)45-39-31(17-12-20-35(39)43(38)34-19-11-10-18-32(34)42(33,2)3)41-40(45)30-22-21-29(25-37(30)46-41)44(27-13-6-4-7-14-27)28-15-8-5-9-16-28/h4-25H,1-3H3. The van der Waals surface area contributed by atoms with Gasteiger partial charge in [0.1, 0.15) is 11.1 Å². The summed E-state index contributed by atoms with van der Waals surface area (Å²) in [6.07, 6.45) is 0. The van der Waals surface area contributed by atoms with E-state index in [9.17, 15) is 0 Å². The Morgan fingerprint density at radius 3 is 2.07 bits per heavy atom. The number of aromatic nitrogens is 1. The molecule has 0 spiro atoms. The summed E-state index contributed by atoms with van der Waals surface area (Å²) in [6.45, 7) is 7.20. The van der Waals surface area contributed by atoms with E-state index in [1.165, 1.54) is 49.7 Å². The summed E-state index contributed by atoms with van der Waals surface area (Å²) in [4.78, 5) is 2.29. The average molecular weight is 591 g/mol. The number of furan rings is 1. The molecule has 218 valence electrons. The van der Waals surface area contributed by atoms with Crippen molar-refractivity contribution in [2.75, 3.05) is 4.90 Å². The Hall–Kier alpha value is -5.48. The summed E-state index contributed by atoms with van der Waals surface area (Å²) >= 11 is 0. The van der Waals surface area contributed by atoms with E-state index in [1.807, 2.05) is 0 Å². The molecular weight excluding hydrogens is 559 g/mol. The molecule has 0 radical (unpaired) electrons. The maximum absolute atomic E-state index is 6.92. The summed E-state index contributed by atoms with van der Waals surface area (Å²) in [5, 5.41) is 2.30. The van der Waals surface area contributed by atoms with E-state index in [4.69, 9.17) is 4.42 Å². The van der Waals surface area contributed by atoms with Crippen LogP contribution in [0.1, 0.15) is 30.5 Å². The molecule has 0 fully saturated rings. The van der Waals surface area contributed by atoms with Gasteiger partial charge in [0.05, 0.1) is 5.52 Å². The number of fused-ring (bicyclic) bond motifs is 9. The van der Waals surface area contributed by atoms with Gasteiger partial charge in [-0.25, -0.2) is 0 Å². The number of anilines is 3. The van der Waals surface area contributed by atoms with Crippen LogP contribution >= 0.6 is 0 Å². The summed E-state index contributed by atoms with van der Waals surface area (Å²) < 4.78 is 9.43. The highest BCUT2D eigenvalue weighted by molar-refractivity contribution is 6.99. The molecule has 2 aliphatic rings. The molecule has 2 aliphatic heterocycles. The number of benzene rings is 6. The van der Waals surface area contributed by atoms with Crippen molar-refractivity contribution in [3.8, 4) is 5.69 Å². The zero-order chi connectivity index (χ0) is 30.7. The number of rotatable bonds is 3. The van der Waals surface area contributed by atoms with Crippen molar-refractivity contribution in [1.82, 2.24) is 4.57 Å². The second-order valence-corrected chi connectivity index (χ2v) is 13.4. The second kappa shape index (κ2) is 9.05. The van der Waals surface area contributed by atoms with Gasteiger partial charge < -0.3 is 13.9 Å². The van der Waals surface area contributed by atoms with Crippen LogP contribution in [0.3, 0.4) is 0 Å². The van der Waals surface area contributed by atoms with Gasteiger partial charge in [-0.15, -0.1) is 0 Å². The normalized spacial score (nSPS) is 14.1. The molecule has 8 aromatic rings. The molecule has 0 aliphatic carbocycles. The number of aryl methyl sites for hydroxylation is 1. The minimum absolute atomic E-state index is 0.105.